The van der Waals surface area contributed by atoms with E-state index in [0.717, 1.165) is 45.9 Å². The summed E-state index contributed by atoms with van der Waals surface area (Å²) in [7, 11) is 3.38. The van der Waals surface area contributed by atoms with E-state index < -0.39 is 0 Å². The average Bonchev–Trinajstić information content (AvgIpc) is 3.08. The van der Waals surface area contributed by atoms with Crippen LogP contribution in [0.4, 0.5) is 0 Å². The zero-order valence-electron chi connectivity index (χ0n) is 17.1. The van der Waals surface area contributed by atoms with E-state index in [9.17, 15) is 0 Å². The minimum atomic E-state index is 0.487. The van der Waals surface area contributed by atoms with Gasteiger partial charge in [0, 0.05) is 23.4 Å². The highest BCUT2D eigenvalue weighted by Gasteiger charge is 2.16. The second-order valence-electron chi connectivity index (χ2n) is 7.14. The van der Waals surface area contributed by atoms with Gasteiger partial charge in [0.05, 0.1) is 14.2 Å². The lowest BCUT2D eigenvalue weighted by atomic mass is 10.1. The number of thioether (sulfide) groups is 1. The number of benzene rings is 2. The molecule has 1 heterocycles. The molecule has 0 aliphatic heterocycles. The van der Waals surface area contributed by atoms with E-state index in [1.165, 1.54) is 5.56 Å². The van der Waals surface area contributed by atoms with Crippen molar-refractivity contribution in [1.29, 1.82) is 0 Å². The fraction of sp³-hybridized carbons (Fsp3) is 0.364. The first kappa shape index (κ1) is 20.3. The third kappa shape index (κ3) is 4.68. The number of methoxy groups -OCH3 is 2. The van der Waals surface area contributed by atoms with Crippen molar-refractivity contribution < 1.29 is 9.47 Å². The zero-order valence-corrected chi connectivity index (χ0v) is 17.9. The summed E-state index contributed by atoms with van der Waals surface area (Å²) in [4.78, 5) is 0. The maximum atomic E-state index is 5.51. The van der Waals surface area contributed by atoms with Gasteiger partial charge in [-0.1, -0.05) is 43.3 Å². The fourth-order valence-corrected chi connectivity index (χ4v) is 3.97. The van der Waals surface area contributed by atoms with Crippen LogP contribution in [0, 0.1) is 12.8 Å². The molecule has 0 fully saturated rings. The first-order valence-corrected chi connectivity index (χ1v) is 10.3. The van der Waals surface area contributed by atoms with E-state index in [1.54, 1.807) is 26.0 Å². The number of aryl methyl sites for hydroxylation is 1. The highest BCUT2D eigenvalue weighted by molar-refractivity contribution is 7.98. The molecule has 3 rings (SSSR count). The van der Waals surface area contributed by atoms with Crippen LogP contribution in [0.2, 0.25) is 0 Å². The average molecular weight is 398 g/mol. The topological polar surface area (TPSA) is 49.2 Å². The number of ether oxygens (including phenoxy) is 2. The van der Waals surface area contributed by atoms with Gasteiger partial charge in [0.25, 0.3) is 0 Å². The van der Waals surface area contributed by atoms with Gasteiger partial charge >= 0.3 is 0 Å². The van der Waals surface area contributed by atoms with Crippen LogP contribution in [0.1, 0.15) is 25.0 Å². The molecule has 0 saturated heterocycles. The minimum Gasteiger partial charge on any atom is -0.497 e. The van der Waals surface area contributed by atoms with Crippen LogP contribution < -0.4 is 9.47 Å². The number of nitrogens with zero attached hydrogens (tertiary/aromatic N) is 3. The summed E-state index contributed by atoms with van der Waals surface area (Å²) in [5, 5.41) is 9.89. The monoisotopic (exact) mass is 397 g/mol. The summed E-state index contributed by atoms with van der Waals surface area (Å²) in [5.41, 5.74) is 3.42. The lowest BCUT2D eigenvalue weighted by molar-refractivity contribution is 0.411. The van der Waals surface area contributed by atoms with Crippen LogP contribution in [0.5, 0.6) is 11.5 Å². The van der Waals surface area contributed by atoms with E-state index in [1.807, 2.05) is 30.3 Å². The normalized spacial score (nSPS) is 11.1. The Labute approximate surface area is 171 Å². The van der Waals surface area contributed by atoms with Crippen LogP contribution in [-0.4, -0.2) is 29.0 Å². The molecule has 0 saturated carbocycles. The van der Waals surface area contributed by atoms with Crippen molar-refractivity contribution in [3.8, 4) is 22.9 Å². The largest absolute Gasteiger partial charge is 0.497 e. The van der Waals surface area contributed by atoms with E-state index in [2.05, 4.69) is 47.7 Å². The van der Waals surface area contributed by atoms with Gasteiger partial charge in [-0.25, -0.2) is 0 Å². The Kier molecular flexibility index (Phi) is 6.62. The molecule has 0 unspecified atom stereocenters. The number of hydrogen-bond donors (Lipinski definition) is 0. The predicted molar refractivity (Wildman–Crippen MR) is 114 cm³/mol. The molecule has 2 aromatic carbocycles. The summed E-state index contributed by atoms with van der Waals surface area (Å²) in [6, 6.07) is 14.2. The first-order chi connectivity index (χ1) is 13.5. The van der Waals surface area contributed by atoms with Crippen LogP contribution in [0.15, 0.2) is 47.6 Å². The van der Waals surface area contributed by atoms with Gasteiger partial charge in [-0.3, -0.25) is 0 Å². The molecule has 0 bridgehead atoms. The molecule has 5 nitrogen and oxygen atoms in total. The summed E-state index contributed by atoms with van der Waals surface area (Å²) < 4.78 is 13.0. The molecule has 0 atom stereocenters. The summed E-state index contributed by atoms with van der Waals surface area (Å²) in [6.45, 7) is 7.37. The molecule has 0 aliphatic rings. The van der Waals surface area contributed by atoms with Gasteiger partial charge in [0.1, 0.15) is 11.5 Å². The summed E-state index contributed by atoms with van der Waals surface area (Å²) >= 11 is 1.69. The molecular weight excluding hydrogens is 370 g/mol. The van der Waals surface area contributed by atoms with Crippen LogP contribution >= 0.6 is 11.8 Å². The van der Waals surface area contributed by atoms with E-state index in [4.69, 9.17) is 9.47 Å². The highest BCUT2D eigenvalue weighted by Crippen LogP contribution is 2.31. The Balaban J connectivity index is 1.88. The summed E-state index contributed by atoms with van der Waals surface area (Å²) in [5.74, 6) is 3.89. The first-order valence-electron chi connectivity index (χ1n) is 9.35. The lowest BCUT2D eigenvalue weighted by Gasteiger charge is -2.13. The third-order valence-electron chi connectivity index (χ3n) is 4.41. The van der Waals surface area contributed by atoms with Gasteiger partial charge in [0.2, 0.25) is 0 Å². The van der Waals surface area contributed by atoms with Crippen molar-refractivity contribution in [2.24, 2.45) is 5.92 Å². The van der Waals surface area contributed by atoms with Crippen molar-refractivity contribution in [3.05, 3.63) is 53.6 Å². The zero-order chi connectivity index (χ0) is 20.1. The Morgan fingerprint density at radius 3 is 2.39 bits per heavy atom. The summed E-state index contributed by atoms with van der Waals surface area (Å²) in [6.07, 6.45) is 0. The van der Waals surface area contributed by atoms with E-state index >= 15 is 0 Å². The van der Waals surface area contributed by atoms with Gasteiger partial charge in [-0.15, -0.1) is 10.2 Å². The highest BCUT2D eigenvalue weighted by atomic mass is 32.2. The van der Waals surface area contributed by atoms with Crippen molar-refractivity contribution in [3.63, 3.8) is 0 Å². The smallest absolute Gasteiger partial charge is 0.191 e. The minimum absolute atomic E-state index is 0.487. The molecule has 0 spiro atoms. The molecule has 0 radical (unpaired) electrons. The van der Waals surface area contributed by atoms with Crippen LogP contribution in [0.25, 0.3) is 11.4 Å². The van der Waals surface area contributed by atoms with E-state index in [-0.39, 0.29) is 0 Å². The molecule has 1 aromatic heterocycles. The SMILES string of the molecule is COc1ccc(-c2nnc(SCc3cc(C)ccc3OC)n2CC(C)C)cc1. The van der Waals surface area contributed by atoms with Crippen molar-refractivity contribution in [1.82, 2.24) is 14.8 Å². The molecule has 0 amide bonds. The van der Waals surface area contributed by atoms with Crippen molar-refractivity contribution >= 4 is 11.8 Å². The number of aromatic nitrogens is 3. The molecule has 148 valence electrons. The Morgan fingerprint density at radius 2 is 1.75 bits per heavy atom. The Morgan fingerprint density at radius 1 is 1.00 bits per heavy atom. The Bertz CT molecular complexity index is 920. The van der Waals surface area contributed by atoms with Crippen molar-refractivity contribution in [2.45, 2.75) is 38.2 Å². The fourth-order valence-electron chi connectivity index (χ4n) is 3.04. The van der Waals surface area contributed by atoms with Crippen molar-refractivity contribution in [2.75, 3.05) is 14.2 Å². The lowest BCUT2D eigenvalue weighted by Crippen LogP contribution is -2.08. The number of rotatable bonds is 8. The van der Waals surface area contributed by atoms with Crippen LogP contribution in [0.3, 0.4) is 0 Å². The molecule has 0 aliphatic carbocycles. The molecule has 0 N–H and O–H groups in total. The Hall–Kier alpha value is -2.47. The maximum absolute atomic E-state index is 5.51. The van der Waals surface area contributed by atoms with Gasteiger partial charge in [-0.05, 0) is 43.2 Å². The molecule has 28 heavy (non-hydrogen) atoms. The molecular formula is C22H27N3O2S. The van der Waals surface area contributed by atoms with E-state index in [0.29, 0.717) is 5.92 Å². The van der Waals surface area contributed by atoms with Crippen LogP contribution in [-0.2, 0) is 12.3 Å². The molecule has 6 heteroatoms. The van der Waals surface area contributed by atoms with Gasteiger partial charge < -0.3 is 14.0 Å². The second-order valence-corrected chi connectivity index (χ2v) is 8.09. The standard InChI is InChI=1S/C22H27N3O2S/c1-15(2)13-25-21(17-7-9-19(26-4)10-8-17)23-24-22(25)28-14-18-12-16(3)6-11-20(18)27-5/h6-12,15H,13-14H2,1-5H3. The second kappa shape index (κ2) is 9.15. The maximum Gasteiger partial charge on any atom is 0.191 e. The van der Waals surface area contributed by atoms with Gasteiger partial charge in [-0.2, -0.15) is 0 Å². The number of hydrogen-bond acceptors (Lipinski definition) is 5. The van der Waals surface area contributed by atoms with Gasteiger partial charge in [0.15, 0.2) is 11.0 Å². The molecule has 3 aromatic rings. The quantitative estimate of drug-likeness (QED) is 0.488. The predicted octanol–water partition coefficient (Wildman–Crippen LogP) is 5.22. The third-order valence-corrected chi connectivity index (χ3v) is 5.42.